The van der Waals surface area contributed by atoms with E-state index in [1.54, 1.807) is 36.4 Å². The van der Waals surface area contributed by atoms with Crippen molar-refractivity contribution in [1.82, 2.24) is 4.90 Å². The zero-order valence-electron chi connectivity index (χ0n) is 20.8. The molecule has 1 saturated heterocycles. The van der Waals surface area contributed by atoms with Crippen molar-refractivity contribution in [1.29, 1.82) is 0 Å². The summed E-state index contributed by atoms with van der Waals surface area (Å²) in [4.78, 5) is 1.73. The number of sulfone groups is 1. The van der Waals surface area contributed by atoms with E-state index in [-0.39, 0.29) is 27.9 Å². The van der Waals surface area contributed by atoms with Crippen LogP contribution in [0.25, 0.3) is 0 Å². The highest BCUT2D eigenvalue weighted by atomic mass is 35.5. The molecule has 0 amide bonds. The molecule has 1 aliphatic heterocycles. The van der Waals surface area contributed by atoms with Gasteiger partial charge in [-0.05, 0) is 48.4 Å². The van der Waals surface area contributed by atoms with Gasteiger partial charge in [-0.25, -0.2) is 12.8 Å². The average molecular weight is 572 g/mol. The van der Waals surface area contributed by atoms with Gasteiger partial charge in [0.2, 0.25) is 0 Å². The van der Waals surface area contributed by atoms with Crippen molar-refractivity contribution in [3.8, 4) is 11.5 Å². The van der Waals surface area contributed by atoms with E-state index in [0.29, 0.717) is 29.2 Å². The van der Waals surface area contributed by atoms with Crippen LogP contribution < -0.4 is 9.47 Å². The van der Waals surface area contributed by atoms with E-state index in [1.165, 1.54) is 31.4 Å². The molecule has 5 nitrogen and oxygen atoms in total. The maximum atomic E-state index is 14.5. The second kappa shape index (κ2) is 10.7. The minimum atomic E-state index is -4.66. The zero-order chi connectivity index (χ0) is 27.8. The van der Waals surface area contributed by atoms with E-state index in [0.717, 1.165) is 13.2 Å². The quantitative estimate of drug-likeness (QED) is 0.293. The van der Waals surface area contributed by atoms with E-state index in [4.69, 9.17) is 21.1 Å². The Kier molecular flexibility index (Phi) is 7.97. The van der Waals surface area contributed by atoms with Gasteiger partial charge in [-0.3, -0.25) is 4.90 Å². The lowest BCUT2D eigenvalue weighted by Gasteiger charge is -2.45. The first-order chi connectivity index (χ1) is 17.8. The molecule has 204 valence electrons. The zero-order valence-corrected chi connectivity index (χ0v) is 22.4. The summed E-state index contributed by atoms with van der Waals surface area (Å²) in [5.74, 6) is -0.909. The van der Waals surface area contributed by atoms with Gasteiger partial charge < -0.3 is 9.47 Å². The van der Waals surface area contributed by atoms with Crippen LogP contribution in [0, 0.1) is 5.82 Å². The lowest BCUT2D eigenvalue weighted by Crippen LogP contribution is -2.47. The molecule has 0 N–H and O–H groups in total. The van der Waals surface area contributed by atoms with Crippen LogP contribution in [-0.2, 0) is 9.84 Å². The number of methoxy groups -OCH3 is 1. The normalized spacial score (nSPS) is 16.5. The highest BCUT2D eigenvalue weighted by Crippen LogP contribution is 2.48. The molecule has 1 heterocycles. The van der Waals surface area contributed by atoms with Crippen molar-refractivity contribution < 1.29 is 35.5 Å². The molecule has 0 aromatic heterocycles. The third kappa shape index (κ3) is 5.77. The van der Waals surface area contributed by atoms with E-state index in [9.17, 15) is 26.0 Å². The molecule has 0 spiro atoms. The summed E-state index contributed by atoms with van der Waals surface area (Å²) in [6.45, 7) is 1.54. The first-order valence-corrected chi connectivity index (χ1v) is 14.0. The van der Waals surface area contributed by atoms with Crippen molar-refractivity contribution in [2.45, 2.75) is 36.1 Å². The molecule has 0 saturated carbocycles. The topological polar surface area (TPSA) is 55.8 Å². The number of hydrogen-bond acceptors (Lipinski definition) is 5. The van der Waals surface area contributed by atoms with E-state index < -0.39 is 34.0 Å². The second-order valence-corrected chi connectivity index (χ2v) is 11.6. The first kappa shape index (κ1) is 28.2. The van der Waals surface area contributed by atoms with Crippen LogP contribution in [0.5, 0.6) is 11.5 Å². The number of alkyl halides is 3. The summed E-state index contributed by atoms with van der Waals surface area (Å²) in [7, 11) is -2.56. The summed E-state index contributed by atoms with van der Waals surface area (Å²) < 4.78 is 91.1. The van der Waals surface area contributed by atoms with Gasteiger partial charge in [0.1, 0.15) is 22.2 Å². The van der Waals surface area contributed by atoms with Gasteiger partial charge in [0.25, 0.3) is 0 Å². The summed E-state index contributed by atoms with van der Waals surface area (Å²) >= 11 is 6.08. The van der Waals surface area contributed by atoms with Crippen LogP contribution in [0.15, 0.2) is 65.6 Å². The number of ether oxygens (including phenoxy) is 2. The van der Waals surface area contributed by atoms with Crippen molar-refractivity contribution in [3.63, 3.8) is 0 Å². The molecule has 3 aromatic carbocycles. The van der Waals surface area contributed by atoms with Crippen LogP contribution in [0.3, 0.4) is 0 Å². The maximum Gasteiger partial charge on any atom is 0.425 e. The van der Waals surface area contributed by atoms with Crippen LogP contribution in [0.4, 0.5) is 17.6 Å². The molecule has 0 radical (unpaired) electrons. The predicted octanol–water partition coefficient (Wildman–Crippen LogP) is 6.41. The summed E-state index contributed by atoms with van der Waals surface area (Å²) in [5.41, 5.74) is 1.24. The van der Waals surface area contributed by atoms with Gasteiger partial charge in [0.15, 0.2) is 15.9 Å². The maximum absolute atomic E-state index is 14.5. The van der Waals surface area contributed by atoms with Crippen molar-refractivity contribution in [2.24, 2.45) is 0 Å². The monoisotopic (exact) mass is 571 g/mol. The molecule has 3 aromatic rings. The molecule has 4 rings (SSSR count). The lowest BCUT2D eigenvalue weighted by atomic mass is 9.85. The minimum absolute atomic E-state index is 0.106. The number of hydrogen-bond donors (Lipinski definition) is 0. The number of halogens is 5. The largest absolute Gasteiger partial charge is 0.495 e. The molecular weight excluding hydrogens is 546 g/mol. The van der Waals surface area contributed by atoms with Gasteiger partial charge in [-0.1, -0.05) is 41.9 Å². The molecule has 38 heavy (non-hydrogen) atoms. The Balaban J connectivity index is 1.86. The Morgan fingerprint density at radius 3 is 2.29 bits per heavy atom. The number of rotatable bonds is 8. The Labute approximate surface area is 223 Å². The van der Waals surface area contributed by atoms with Crippen molar-refractivity contribution in [3.05, 3.63) is 88.2 Å². The van der Waals surface area contributed by atoms with Gasteiger partial charge in [-0.15, -0.1) is 0 Å². The van der Waals surface area contributed by atoms with E-state index in [1.807, 2.05) is 4.90 Å². The molecule has 0 bridgehead atoms. The molecule has 2 atom stereocenters. The molecular formula is C27H26ClF4NO4S. The lowest BCUT2D eigenvalue weighted by molar-refractivity contribution is -0.189. The summed E-state index contributed by atoms with van der Waals surface area (Å²) in [6.07, 6.45) is -5.84. The smallest absolute Gasteiger partial charge is 0.425 e. The number of likely N-dealkylation sites (tertiary alicyclic amines) is 1. The third-order valence-corrected chi connectivity index (χ3v) is 7.91. The van der Waals surface area contributed by atoms with Crippen LogP contribution >= 0.6 is 11.6 Å². The van der Waals surface area contributed by atoms with Gasteiger partial charge in [0.05, 0.1) is 18.7 Å². The van der Waals surface area contributed by atoms with E-state index in [2.05, 4.69) is 0 Å². The molecule has 1 aliphatic rings. The Hall–Kier alpha value is -2.82. The predicted molar refractivity (Wildman–Crippen MR) is 136 cm³/mol. The Morgan fingerprint density at radius 2 is 1.71 bits per heavy atom. The second-order valence-electron chi connectivity index (χ2n) is 9.21. The van der Waals surface area contributed by atoms with Crippen LogP contribution in [0.2, 0.25) is 5.02 Å². The molecule has 1 fully saturated rings. The number of nitrogens with zero attached hydrogens (tertiary/aromatic N) is 1. The Morgan fingerprint density at radius 1 is 1.05 bits per heavy atom. The molecule has 11 heteroatoms. The van der Waals surface area contributed by atoms with Gasteiger partial charge >= 0.3 is 6.18 Å². The fourth-order valence-corrected chi connectivity index (χ4v) is 5.65. The SMILES string of the molecule is COc1c(S(C)(=O)=O)ccc(O[C@@H](C)C(F)(F)F)c1C(c1ccccc1)N1CC(c2cc(Cl)ccc2F)C1. The van der Waals surface area contributed by atoms with Crippen molar-refractivity contribution >= 4 is 21.4 Å². The minimum Gasteiger partial charge on any atom is -0.495 e. The number of benzene rings is 3. The molecule has 0 aliphatic carbocycles. The highest BCUT2D eigenvalue weighted by Gasteiger charge is 2.42. The molecule has 1 unspecified atom stereocenters. The fourth-order valence-electron chi connectivity index (χ4n) is 4.63. The average Bonchev–Trinajstić information content (AvgIpc) is 2.82. The fraction of sp³-hybridized carbons (Fsp3) is 0.333. The van der Waals surface area contributed by atoms with Gasteiger partial charge in [-0.2, -0.15) is 13.2 Å². The first-order valence-electron chi connectivity index (χ1n) is 11.7. The van der Waals surface area contributed by atoms with Gasteiger partial charge in [0, 0.05) is 30.3 Å². The summed E-state index contributed by atoms with van der Waals surface area (Å²) in [6, 6.07) is 14.8. The highest BCUT2D eigenvalue weighted by molar-refractivity contribution is 7.90. The van der Waals surface area contributed by atoms with E-state index >= 15 is 0 Å². The summed E-state index contributed by atoms with van der Waals surface area (Å²) in [5, 5.41) is 0.388. The van der Waals surface area contributed by atoms with Crippen LogP contribution in [0.1, 0.15) is 35.6 Å². The van der Waals surface area contributed by atoms with Crippen LogP contribution in [-0.4, -0.2) is 52.1 Å². The standard InChI is InChI=1S/C27H26ClF4NO4S/c1-16(27(30,31)32)37-22-11-12-23(38(3,34)35)26(36-2)24(22)25(17-7-5-4-6-8-17)33-14-18(15-33)20-13-19(28)9-10-21(20)29/h4-13,16,18,25H,14-15H2,1-3H3/t16-,25?/m0/s1. The van der Waals surface area contributed by atoms with Crippen molar-refractivity contribution in [2.75, 3.05) is 26.5 Å². The Bertz CT molecular complexity index is 1410. The third-order valence-electron chi connectivity index (χ3n) is 6.55.